The Balaban J connectivity index is 1.57. The highest BCUT2D eigenvalue weighted by Gasteiger charge is 2.17. The maximum Gasteiger partial charge on any atom is 0.267 e. The number of carbonyl (C=O) groups is 2. The number of ether oxygens (including phenoxy) is 1. The maximum atomic E-state index is 12.7. The number of nitrogens with one attached hydrogen (secondary N) is 2. The molecule has 2 aromatic rings. The van der Waals surface area contributed by atoms with Gasteiger partial charge >= 0.3 is 0 Å². The molecule has 2 amide bonds. The fourth-order valence-electron chi connectivity index (χ4n) is 3.37. The van der Waals surface area contributed by atoms with Gasteiger partial charge in [0, 0.05) is 23.6 Å². The minimum atomic E-state index is -0.291. The lowest BCUT2D eigenvalue weighted by Gasteiger charge is -2.13. The van der Waals surface area contributed by atoms with Crippen LogP contribution in [0.2, 0.25) is 0 Å². The molecule has 1 aromatic carbocycles. The second kappa shape index (κ2) is 10.9. The van der Waals surface area contributed by atoms with Crippen LogP contribution >= 0.6 is 11.3 Å². The standard InChI is InChI=1S/C23H28N2O3S/c1-17-8-2-5-12-20(17)22(26)25-21(16-19-11-6-15-29-19)23(27)24-13-7-14-28-18-9-3-4-10-18/h2,5-6,8,11-12,15-16,18H,3-4,7,9-10,13-14H2,1H3,(H,24,27)(H,25,26)/b21-16-. The van der Waals surface area contributed by atoms with Crippen LogP contribution in [-0.4, -0.2) is 31.1 Å². The van der Waals surface area contributed by atoms with Crippen molar-refractivity contribution in [1.29, 1.82) is 0 Å². The monoisotopic (exact) mass is 412 g/mol. The molecule has 6 heteroatoms. The van der Waals surface area contributed by atoms with Gasteiger partial charge in [0.05, 0.1) is 6.10 Å². The van der Waals surface area contributed by atoms with E-state index in [1.54, 1.807) is 12.1 Å². The Morgan fingerprint density at radius 3 is 2.69 bits per heavy atom. The van der Waals surface area contributed by atoms with Gasteiger partial charge in [0.2, 0.25) is 0 Å². The second-order valence-corrected chi connectivity index (χ2v) is 8.21. The highest BCUT2D eigenvalue weighted by Crippen LogP contribution is 2.20. The summed E-state index contributed by atoms with van der Waals surface area (Å²) in [7, 11) is 0. The van der Waals surface area contributed by atoms with Crippen molar-refractivity contribution < 1.29 is 14.3 Å². The molecule has 2 N–H and O–H groups in total. The van der Waals surface area contributed by atoms with Gasteiger partial charge in [0.25, 0.3) is 11.8 Å². The molecule has 1 aromatic heterocycles. The number of amides is 2. The Kier molecular flexibility index (Phi) is 8.02. The quantitative estimate of drug-likeness (QED) is 0.477. The molecule has 1 heterocycles. The Morgan fingerprint density at radius 2 is 1.97 bits per heavy atom. The Morgan fingerprint density at radius 1 is 1.17 bits per heavy atom. The van der Waals surface area contributed by atoms with E-state index in [-0.39, 0.29) is 17.5 Å². The van der Waals surface area contributed by atoms with Gasteiger partial charge in [-0.1, -0.05) is 37.1 Å². The van der Waals surface area contributed by atoms with E-state index in [1.807, 2.05) is 42.6 Å². The minimum Gasteiger partial charge on any atom is -0.378 e. The normalized spacial score (nSPS) is 14.7. The molecule has 5 nitrogen and oxygen atoms in total. The van der Waals surface area contributed by atoms with Crippen LogP contribution in [-0.2, 0) is 9.53 Å². The average Bonchev–Trinajstić information content (AvgIpc) is 3.41. The lowest BCUT2D eigenvalue weighted by Crippen LogP contribution is -2.35. The first-order valence-electron chi connectivity index (χ1n) is 10.2. The van der Waals surface area contributed by atoms with Gasteiger partial charge in [0.15, 0.2) is 0 Å². The second-order valence-electron chi connectivity index (χ2n) is 7.23. The zero-order chi connectivity index (χ0) is 20.5. The zero-order valence-corrected chi connectivity index (χ0v) is 17.6. The molecule has 1 aliphatic carbocycles. The van der Waals surface area contributed by atoms with E-state index >= 15 is 0 Å². The minimum absolute atomic E-state index is 0.248. The van der Waals surface area contributed by atoms with Crippen molar-refractivity contribution in [2.24, 2.45) is 0 Å². The number of hydrogen-bond donors (Lipinski definition) is 2. The Bertz CT molecular complexity index is 840. The zero-order valence-electron chi connectivity index (χ0n) is 16.8. The lowest BCUT2D eigenvalue weighted by atomic mass is 10.1. The number of rotatable bonds is 9. The van der Waals surface area contributed by atoms with Crippen LogP contribution < -0.4 is 10.6 Å². The van der Waals surface area contributed by atoms with Gasteiger partial charge < -0.3 is 15.4 Å². The van der Waals surface area contributed by atoms with E-state index < -0.39 is 0 Å². The number of thiophene rings is 1. The molecule has 0 bridgehead atoms. The third kappa shape index (κ3) is 6.54. The van der Waals surface area contributed by atoms with Crippen molar-refractivity contribution in [3.63, 3.8) is 0 Å². The number of hydrogen-bond acceptors (Lipinski definition) is 4. The SMILES string of the molecule is Cc1ccccc1C(=O)N/C(=C\c1cccs1)C(=O)NCCCOC1CCCC1. The number of benzene rings is 1. The van der Waals surface area contributed by atoms with Gasteiger partial charge in [0.1, 0.15) is 5.70 Å². The predicted octanol–water partition coefficient (Wildman–Crippen LogP) is 4.29. The molecule has 1 aliphatic rings. The summed E-state index contributed by atoms with van der Waals surface area (Å²) in [6, 6.07) is 11.2. The van der Waals surface area contributed by atoms with E-state index in [0.717, 1.165) is 29.7 Å². The summed E-state index contributed by atoms with van der Waals surface area (Å²) < 4.78 is 5.83. The van der Waals surface area contributed by atoms with Crippen LogP contribution in [0.5, 0.6) is 0 Å². The summed E-state index contributed by atoms with van der Waals surface area (Å²) in [5.41, 5.74) is 1.67. The molecule has 0 aliphatic heterocycles. The van der Waals surface area contributed by atoms with E-state index in [1.165, 1.54) is 24.2 Å². The van der Waals surface area contributed by atoms with Gasteiger partial charge in [-0.25, -0.2) is 0 Å². The first-order chi connectivity index (χ1) is 14.1. The first-order valence-corrected chi connectivity index (χ1v) is 11.0. The molecule has 0 spiro atoms. The van der Waals surface area contributed by atoms with Gasteiger partial charge in [-0.15, -0.1) is 11.3 Å². The topological polar surface area (TPSA) is 67.4 Å². The molecular weight excluding hydrogens is 384 g/mol. The van der Waals surface area contributed by atoms with Crippen molar-refractivity contribution in [2.75, 3.05) is 13.2 Å². The average molecular weight is 413 g/mol. The highest BCUT2D eigenvalue weighted by atomic mass is 32.1. The fraction of sp³-hybridized carbons (Fsp3) is 0.391. The highest BCUT2D eigenvalue weighted by molar-refractivity contribution is 7.10. The van der Waals surface area contributed by atoms with E-state index in [9.17, 15) is 9.59 Å². The molecule has 29 heavy (non-hydrogen) atoms. The largest absolute Gasteiger partial charge is 0.378 e. The van der Waals surface area contributed by atoms with Crippen LogP contribution in [0.3, 0.4) is 0 Å². The first kappa shape index (κ1) is 21.3. The van der Waals surface area contributed by atoms with Crippen LogP contribution in [0.1, 0.15) is 52.9 Å². The lowest BCUT2D eigenvalue weighted by molar-refractivity contribution is -0.117. The summed E-state index contributed by atoms with van der Waals surface area (Å²) in [6.45, 7) is 3.03. The maximum absolute atomic E-state index is 12.7. The summed E-state index contributed by atoms with van der Waals surface area (Å²) in [4.78, 5) is 26.3. The third-order valence-electron chi connectivity index (χ3n) is 4.97. The number of aryl methyl sites for hydroxylation is 1. The van der Waals surface area contributed by atoms with Crippen molar-refractivity contribution in [1.82, 2.24) is 10.6 Å². The summed E-state index contributed by atoms with van der Waals surface area (Å²) in [5, 5.41) is 7.61. The molecule has 3 rings (SSSR count). The van der Waals surface area contributed by atoms with Gasteiger partial charge in [-0.3, -0.25) is 9.59 Å². The molecule has 154 valence electrons. The molecular formula is C23H28N2O3S. The van der Waals surface area contributed by atoms with Crippen LogP contribution in [0.25, 0.3) is 6.08 Å². The van der Waals surface area contributed by atoms with Crippen LogP contribution in [0.15, 0.2) is 47.5 Å². The molecule has 1 fully saturated rings. The van der Waals surface area contributed by atoms with Crippen molar-refractivity contribution in [3.05, 3.63) is 63.5 Å². The van der Waals surface area contributed by atoms with Crippen molar-refractivity contribution in [2.45, 2.75) is 45.1 Å². The van der Waals surface area contributed by atoms with Crippen molar-refractivity contribution >= 4 is 29.2 Å². The Hall–Kier alpha value is -2.44. The van der Waals surface area contributed by atoms with E-state index in [2.05, 4.69) is 10.6 Å². The van der Waals surface area contributed by atoms with Crippen LogP contribution in [0, 0.1) is 6.92 Å². The van der Waals surface area contributed by atoms with E-state index in [0.29, 0.717) is 24.8 Å². The third-order valence-corrected chi connectivity index (χ3v) is 5.79. The molecule has 0 atom stereocenters. The van der Waals surface area contributed by atoms with Gasteiger partial charge in [-0.2, -0.15) is 0 Å². The summed E-state index contributed by atoms with van der Waals surface area (Å²) in [5.74, 6) is -0.577. The predicted molar refractivity (Wildman–Crippen MR) is 117 cm³/mol. The van der Waals surface area contributed by atoms with Gasteiger partial charge in [-0.05, 0) is 55.3 Å². The van der Waals surface area contributed by atoms with Crippen molar-refractivity contribution in [3.8, 4) is 0 Å². The molecule has 1 saturated carbocycles. The summed E-state index contributed by atoms with van der Waals surface area (Å²) >= 11 is 1.51. The molecule has 0 unspecified atom stereocenters. The molecule has 0 saturated heterocycles. The Labute approximate surface area is 176 Å². The van der Waals surface area contributed by atoms with Crippen LogP contribution in [0.4, 0.5) is 0 Å². The fourth-order valence-corrected chi connectivity index (χ4v) is 4.02. The smallest absolute Gasteiger partial charge is 0.267 e. The van der Waals surface area contributed by atoms with E-state index in [4.69, 9.17) is 4.74 Å². The summed E-state index contributed by atoms with van der Waals surface area (Å²) in [6.07, 6.45) is 7.63. The number of carbonyl (C=O) groups excluding carboxylic acids is 2. The molecule has 0 radical (unpaired) electrons.